The summed E-state index contributed by atoms with van der Waals surface area (Å²) in [5, 5.41) is 3.29. The molecular weight excluding hydrogens is 304 g/mol. The van der Waals surface area contributed by atoms with Crippen LogP contribution in [0.25, 0.3) is 0 Å². The number of hydrogen-bond donors (Lipinski definition) is 1. The van der Waals surface area contributed by atoms with Gasteiger partial charge in [-0.2, -0.15) is 0 Å². The first-order valence-electron chi connectivity index (χ1n) is 7.07. The SMILES string of the molecule is CCc1ccc(S(=O)(=O)N2CCCNc3ccccc32)s1. The largest absolute Gasteiger partial charge is 0.383 e. The van der Waals surface area contributed by atoms with Crippen LogP contribution < -0.4 is 9.62 Å². The topological polar surface area (TPSA) is 49.4 Å². The summed E-state index contributed by atoms with van der Waals surface area (Å²) < 4.78 is 27.8. The highest BCUT2D eigenvalue weighted by molar-refractivity contribution is 7.94. The molecule has 1 N–H and O–H groups in total. The molecule has 0 radical (unpaired) electrons. The van der Waals surface area contributed by atoms with Gasteiger partial charge in [0.1, 0.15) is 4.21 Å². The molecule has 0 aliphatic carbocycles. The molecule has 6 heteroatoms. The van der Waals surface area contributed by atoms with Gasteiger partial charge in [0, 0.05) is 18.0 Å². The number of anilines is 2. The molecule has 21 heavy (non-hydrogen) atoms. The van der Waals surface area contributed by atoms with Crippen LogP contribution in [0, 0.1) is 0 Å². The number of fused-ring (bicyclic) bond motifs is 1. The van der Waals surface area contributed by atoms with E-state index >= 15 is 0 Å². The second-order valence-electron chi connectivity index (χ2n) is 4.95. The van der Waals surface area contributed by atoms with Crippen molar-refractivity contribution in [2.24, 2.45) is 0 Å². The first-order valence-corrected chi connectivity index (χ1v) is 9.33. The molecule has 0 fully saturated rings. The highest BCUT2D eigenvalue weighted by Gasteiger charge is 2.29. The molecule has 0 atom stereocenters. The summed E-state index contributed by atoms with van der Waals surface area (Å²) in [7, 11) is -3.48. The van der Waals surface area contributed by atoms with Gasteiger partial charge in [-0.3, -0.25) is 4.31 Å². The fourth-order valence-corrected chi connectivity index (χ4v) is 5.38. The fourth-order valence-electron chi connectivity index (χ4n) is 2.45. The lowest BCUT2D eigenvalue weighted by Gasteiger charge is -2.23. The van der Waals surface area contributed by atoms with E-state index in [9.17, 15) is 8.42 Å². The summed E-state index contributed by atoms with van der Waals surface area (Å²) in [6.07, 6.45) is 1.65. The summed E-state index contributed by atoms with van der Waals surface area (Å²) in [5.74, 6) is 0. The number of nitrogens with one attached hydrogen (secondary N) is 1. The molecule has 112 valence electrons. The summed E-state index contributed by atoms with van der Waals surface area (Å²) >= 11 is 1.36. The van der Waals surface area contributed by atoms with E-state index in [1.165, 1.54) is 15.6 Å². The minimum Gasteiger partial charge on any atom is -0.383 e. The summed E-state index contributed by atoms with van der Waals surface area (Å²) in [6.45, 7) is 3.33. The third-order valence-corrected chi connectivity index (χ3v) is 7.07. The Morgan fingerprint density at radius 3 is 2.81 bits per heavy atom. The van der Waals surface area contributed by atoms with Crippen molar-refractivity contribution in [3.05, 3.63) is 41.3 Å². The Balaban J connectivity index is 2.06. The van der Waals surface area contributed by atoms with Crippen molar-refractivity contribution in [3.8, 4) is 0 Å². The summed E-state index contributed by atoms with van der Waals surface area (Å²) in [5.41, 5.74) is 1.62. The van der Waals surface area contributed by atoms with Crippen LogP contribution in [0.5, 0.6) is 0 Å². The standard InChI is InChI=1S/C15H18N2O2S2/c1-2-12-8-9-15(20-12)21(18,19)17-11-5-10-16-13-6-3-4-7-14(13)17/h3-4,6-9,16H,2,5,10-11H2,1H3. The highest BCUT2D eigenvalue weighted by atomic mass is 32.2. The quantitative estimate of drug-likeness (QED) is 0.943. The Kier molecular flexibility index (Phi) is 3.91. The van der Waals surface area contributed by atoms with Gasteiger partial charge >= 0.3 is 0 Å². The van der Waals surface area contributed by atoms with Gasteiger partial charge in [-0.15, -0.1) is 11.3 Å². The molecule has 4 nitrogen and oxygen atoms in total. The van der Waals surface area contributed by atoms with Crippen molar-refractivity contribution < 1.29 is 8.42 Å². The number of thiophene rings is 1. The van der Waals surface area contributed by atoms with Crippen molar-refractivity contribution in [2.75, 3.05) is 22.7 Å². The molecule has 0 saturated heterocycles. The lowest BCUT2D eigenvalue weighted by Crippen LogP contribution is -2.31. The first-order chi connectivity index (χ1) is 10.1. The highest BCUT2D eigenvalue weighted by Crippen LogP contribution is 2.34. The van der Waals surface area contributed by atoms with E-state index < -0.39 is 10.0 Å². The maximum atomic E-state index is 12.9. The Bertz CT molecular complexity index is 738. The maximum Gasteiger partial charge on any atom is 0.273 e. The zero-order valence-corrected chi connectivity index (χ0v) is 13.5. The van der Waals surface area contributed by atoms with Gasteiger partial charge in [-0.05, 0) is 37.1 Å². The number of rotatable bonds is 3. The first kappa shape index (κ1) is 14.4. The molecule has 3 rings (SSSR count). The average Bonchev–Trinajstić information content (AvgIpc) is 2.87. The van der Waals surface area contributed by atoms with Gasteiger partial charge < -0.3 is 5.32 Å². The predicted octanol–water partition coefficient (Wildman–Crippen LogP) is 3.32. The second-order valence-corrected chi connectivity index (χ2v) is 8.21. The summed E-state index contributed by atoms with van der Waals surface area (Å²) in [6, 6.07) is 11.2. The van der Waals surface area contributed by atoms with Gasteiger partial charge in [-0.1, -0.05) is 19.1 Å². The van der Waals surface area contributed by atoms with Crippen LogP contribution in [0.2, 0.25) is 0 Å². The molecule has 0 bridgehead atoms. The van der Waals surface area contributed by atoms with Gasteiger partial charge in [0.25, 0.3) is 10.0 Å². The van der Waals surface area contributed by atoms with Crippen LogP contribution in [0.4, 0.5) is 11.4 Å². The molecule has 1 aliphatic heterocycles. The number of para-hydroxylation sites is 2. The number of hydrogen-bond acceptors (Lipinski definition) is 4. The number of aryl methyl sites for hydroxylation is 1. The zero-order chi connectivity index (χ0) is 14.9. The Labute approximate surface area is 129 Å². The van der Waals surface area contributed by atoms with E-state index in [1.54, 1.807) is 6.07 Å². The maximum absolute atomic E-state index is 12.9. The van der Waals surface area contributed by atoms with Crippen LogP contribution >= 0.6 is 11.3 Å². The van der Waals surface area contributed by atoms with Gasteiger partial charge in [-0.25, -0.2) is 8.42 Å². The smallest absolute Gasteiger partial charge is 0.273 e. The Hall–Kier alpha value is -1.53. The summed E-state index contributed by atoms with van der Waals surface area (Å²) in [4.78, 5) is 1.09. The van der Waals surface area contributed by atoms with Crippen molar-refractivity contribution in [1.29, 1.82) is 0 Å². The van der Waals surface area contributed by atoms with Crippen LogP contribution in [-0.2, 0) is 16.4 Å². The molecule has 1 aromatic carbocycles. The van der Waals surface area contributed by atoms with Crippen LogP contribution in [0.15, 0.2) is 40.6 Å². The second kappa shape index (κ2) is 5.69. The van der Waals surface area contributed by atoms with Gasteiger partial charge in [0.15, 0.2) is 0 Å². The van der Waals surface area contributed by atoms with Gasteiger partial charge in [0.05, 0.1) is 11.4 Å². The van der Waals surface area contributed by atoms with Crippen LogP contribution in [0.3, 0.4) is 0 Å². The van der Waals surface area contributed by atoms with Crippen molar-refractivity contribution in [3.63, 3.8) is 0 Å². The van der Waals surface area contributed by atoms with E-state index in [2.05, 4.69) is 5.32 Å². The van der Waals surface area contributed by atoms with Crippen LogP contribution in [-0.4, -0.2) is 21.5 Å². The predicted molar refractivity (Wildman–Crippen MR) is 87.8 cm³/mol. The van der Waals surface area contributed by atoms with Gasteiger partial charge in [0.2, 0.25) is 0 Å². The van der Waals surface area contributed by atoms with E-state index in [0.717, 1.165) is 35.6 Å². The van der Waals surface area contributed by atoms with Crippen LogP contribution in [0.1, 0.15) is 18.2 Å². The molecule has 0 unspecified atom stereocenters. The van der Waals surface area contributed by atoms with E-state index in [4.69, 9.17) is 0 Å². The lowest BCUT2D eigenvalue weighted by molar-refractivity contribution is 0.592. The number of sulfonamides is 1. The Morgan fingerprint density at radius 2 is 2.05 bits per heavy atom. The number of nitrogens with zero attached hydrogens (tertiary/aromatic N) is 1. The zero-order valence-electron chi connectivity index (χ0n) is 11.9. The van der Waals surface area contributed by atoms with E-state index in [1.807, 2.05) is 37.3 Å². The Morgan fingerprint density at radius 1 is 1.24 bits per heavy atom. The van der Waals surface area contributed by atoms with Crippen molar-refractivity contribution in [1.82, 2.24) is 0 Å². The monoisotopic (exact) mass is 322 g/mol. The lowest BCUT2D eigenvalue weighted by atomic mass is 10.2. The third kappa shape index (κ3) is 2.65. The van der Waals surface area contributed by atoms with E-state index in [0.29, 0.717) is 10.8 Å². The van der Waals surface area contributed by atoms with E-state index in [-0.39, 0.29) is 0 Å². The molecule has 0 saturated carbocycles. The minimum absolute atomic E-state index is 0.427. The molecule has 0 amide bonds. The third-order valence-electron chi connectivity index (χ3n) is 3.56. The fraction of sp³-hybridized carbons (Fsp3) is 0.333. The molecule has 2 heterocycles. The minimum atomic E-state index is -3.48. The number of benzene rings is 1. The molecule has 1 aliphatic rings. The molecule has 0 spiro atoms. The molecule has 1 aromatic heterocycles. The average molecular weight is 322 g/mol. The molecule has 2 aromatic rings. The van der Waals surface area contributed by atoms with Crippen molar-refractivity contribution in [2.45, 2.75) is 24.0 Å². The normalized spacial score (nSPS) is 15.2. The van der Waals surface area contributed by atoms with Crippen molar-refractivity contribution >= 4 is 32.7 Å². The molecular formula is C15H18N2O2S2.